The standard InChI is InChI=1S/C9H17NO2/c11-9(12)7-10-6-2-1-3-8-4-5-8/h8,10H,1-7H2,(H,11,12). The minimum absolute atomic E-state index is 0.101. The smallest absolute Gasteiger partial charge is 0.317 e. The van der Waals surface area contributed by atoms with E-state index in [0.717, 1.165) is 18.9 Å². The molecule has 0 aliphatic heterocycles. The summed E-state index contributed by atoms with van der Waals surface area (Å²) in [4.78, 5) is 10.1. The Morgan fingerprint density at radius 1 is 1.42 bits per heavy atom. The molecule has 0 heterocycles. The van der Waals surface area contributed by atoms with E-state index in [1.54, 1.807) is 0 Å². The Bertz CT molecular complexity index is 143. The number of aliphatic carboxylic acids is 1. The fourth-order valence-electron chi connectivity index (χ4n) is 1.28. The first kappa shape index (κ1) is 9.52. The molecule has 0 aromatic rings. The van der Waals surface area contributed by atoms with Gasteiger partial charge in [0.1, 0.15) is 0 Å². The van der Waals surface area contributed by atoms with Crippen LogP contribution < -0.4 is 5.32 Å². The second kappa shape index (κ2) is 5.14. The van der Waals surface area contributed by atoms with Crippen molar-refractivity contribution in [2.24, 2.45) is 5.92 Å². The second-order valence-electron chi connectivity index (χ2n) is 3.51. The van der Waals surface area contributed by atoms with Gasteiger partial charge in [0.15, 0.2) is 0 Å². The Balaban J connectivity index is 1.73. The Hall–Kier alpha value is -0.570. The van der Waals surface area contributed by atoms with Crippen molar-refractivity contribution in [3.05, 3.63) is 0 Å². The number of nitrogens with one attached hydrogen (secondary N) is 1. The summed E-state index contributed by atoms with van der Waals surface area (Å²) in [5, 5.41) is 11.2. The van der Waals surface area contributed by atoms with Gasteiger partial charge < -0.3 is 10.4 Å². The van der Waals surface area contributed by atoms with Gasteiger partial charge in [-0.05, 0) is 18.9 Å². The number of rotatable bonds is 7. The Morgan fingerprint density at radius 2 is 2.17 bits per heavy atom. The molecule has 70 valence electrons. The highest BCUT2D eigenvalue weighted by molar-refractivity contribution is 5.68. The van der Waals surface area contributed by atoms with E-state index >= 15 is 0 Å². The maximum atomic E-state index is 10.1. The summed E-state index contributed by atoms with van der Waals surface area (Å²) in [5.41, 5.74) is 0. The fraction of sp³-hybridized carbons (Fsp3) is 0.889. The quantitative estimate of drug-likeness (QED) is 0.567. The van der Waals surface area contributed by atoms with Crippen LogP contribution >= 0.6 is 0 Å². The zero-order chi connectivity index (χ0) is 8.81. The fourth-order valence-corrected chi connectivity index (χ4v) is 1.28. The molecular weight excluding hydrogens is 154 g/mol. The molecule has 0 radical (unpaired) electrons. The average molecular weight is 171 g/mol. The summed E-state index contributed by atoms with van der Waals surface area (Å²) in [6, 6.07) is 0. The highest BCUT2D eigenvalue weighted by Crippen LogP contribution is 2.33. The molecule has 1 aliphatic carbocycles. The molecular formula is C9H17NO2. The summed E-state index contributed by atoms with van der Waals surface area (Å²) in [6.45, 7) is 0.947. The zero-order valence-corrected chi connectivity index (χ0v) is 7.38. The van der Waals surface area contributed by atoms with E-state index < -0.39 is 5.97 Å². The SMILES string of the molecule is O=C(O)CNCCCCC1CC1. The Morgan fingerprint density at radius 3 is 2.75 bits per heavy atom. The summed E-state index contributed by atoms with van der Waals surface area (Å²) in [5.74, 6) is 0.238. The van der Waals surface area contributed by atoms with Crippen LogP contribution in [0.15, 0.2) is 0 Å². The molecule has 3 nitrogen and oxygen atoms in total. The van der Waals surface area contributed by atoms with Crippen LogP contribution in [0.5, 0.6) is 0 Å². The highest BCUT2D eigenvalue weighted by Gasteiger charge is 2.19. The van der Waals surface area contributed by atoms with Crippen LogP contribution in [0.1, 0.15) is 32.1 Å². The van der Waals surface area contributed by atoms with Crippen LogP contribution in [0.25, 0.3) is 0 Å². The number of unbranched alkanes of at least 4 members (excludes halogenated alkanes) is 1. The van der Waals surface area contributed by atoms with Gasteiger partial charge in [-0.3, -0.25) is 4.79 Å². The molecule has 0 unspecified atom stereocenters. The van der Waals surface area contributed by atoms with E-state index in [1.807, 2.05) is 0 Å². The van der Waals surface area contributed by atoms with Crippen LogP contribution in [0.2, 0.25) is 0 Å². The minimum Gasteiger partial charge on any atom is -0.480 e. The molecule has 0 atom stereocenters. The van der Waals surface area contributed by atoms with Crippen LogP contribution in [-0.4, -0.2) is 24.2 Å². The molecule has 0 amide bonds. The van der Waals surface area contributed by atoms with Gasteiger partial charge in [0.25, 0.3) is 0 Å². The molecule has 3 heteroatoms. The van der Waals surface area contributed by atoms with Crippen LogP contribution in [0.3, 0.4) is 0 Å². The first-order chi connectivity index (χ1) is 5.79. The minimum atomic E-state index is -0.766. The van der Waals surface area contributed by atoms with Gasteiger partial charge in [-0.15, -0.1) is 0 Å². The van der Waals surface area contributed by atoms with Crippen molar-refractivity contribution < 1.29 is 9.90 Å². The van der Waals surface area contributed by atoms with Crippen molar-refractivity contribution in [3.63, 3.8) is 0 Å². The van der Waals surface area contributed by atoms with E-state index in [9.17, 15) is 4.79 Å². The van der Waals surface area contributed by atoms with Crippen molar-refractivity contribution in [3.8, 4) is 0 Å². The predicted molar refractivity (Wildman–Crippen MR) is 47.1 cm³/mol. The van der Waals surface area contributed by atoms with E-state index in [4.69, 9.17) is 5.11 Å². The molecule has 2 N–H and O–H groups in total. The first-order valence-electron chi connectivity index (χ1n) is 4.71. The molecule has 1 fully saturated rings. The van der Waals surface area contributed by atoms with Gasteiger partial charge in [0.2, 0.25) is 0 Å². The van der Waals surface area contributed by atoms with E-state index in [-0.39, 0.29) is 6.54 Å². The molecule has 0 aromatic carbocycles. The lowest BCUT2D eigenvalue weighted by Gasteiger charge is -2.00. The maximum absolute atomic E-state index is 10.1. The molecule has 1 rings (SSSR count). The van der Waals surface area contributed by atoms with Crippen molar-refractivity contribution in [2.45, 2.75) is 32.1 Å². The summed E-state index contributed by atoms with van der Waals surface area (Å²) in [6.07, 6.45) is 6.54. The number of hydrogen-bond donors (Lipinski definition) is 2. The zero-order valence-electron chi connectivity index (χ0n) is 7.38. The van der Waals surface area contributed by atoms with Gasteiger partial charge >= 0.3 is 5.97 Å². The Labute approximate surface area is 73.2 Å². The van der Waals surface area contributed by atoms with E-state index in [1.165, 1.54) is 25.7 Å². The van der Waals surface area contributed by atoms with Crippen molar-refractivity contribution in [2.75, 3.05) is 13.1 Å². The Kier molecular flexibility index (Phi) is 4.08. The van der Waals surface area contributed by atoms with Crippen LogP contribution in [0, 0.1) is 5.92 Å². The van der Waals surface area contributed by atoms with Crippen LogP contribution in [0.4, 0.5) is 0 Å². The van der Waals surface area contributed by atoms with Gasteiger partial charge in [0.05, 0.1) is 6.54 Å². The van der Waals surface area contributed by atoms with Gasteiger partial charge in [0, 0.05) is 0 Å². The van der Waals surface area contributed by atoms with Gasteiger partial charge in [-0.25, -0.2) is 0 Å². The summed E-state index contributed by atoms with van der Waals surface area (Å²) < 4.78 is 0. The molecule has 1 saturated carbocycles. The average Bonchev–Trinajstić information content (AvgIpc) is 2.79. The number of carboxylic acid groups (broad SMARTS) is 1. The normalized spacial score (nSPS) is 16.3. The summed E-state index contributed by atoms with van der Waals surface area (Å²) >= 11 is 0. The predicted octanol–water partition coefficient (Wildman–Crippen LogP) is 1.24. The first-order valence-corrected chi connectivity index (χ1v) is 4.71. The molecule has 1 aliphatic rings. The van der Waals surface area contributed by atoms with Gasteiger partial charge in [-0.2, -0.15) is 0 Å². The number of hydrogen-bond acceptors (Lipinski definition) is 2. The van der Waals surface area contributed by atoms with Crippen LogP contribution in [-0.2, 0) is 4.79 Å². The largest absolute Gasteiger partial charge is 0.480 e. The van der Waals surface area contributed by atoms with Crippen molar-refractivity contribution in [1.82, 2.24) is 5.32 Å². The van der Waals surface area contributed by atoms with E-state index in [2.05, 4.69) is 5.32 Å². The molecule has 0 aromatic heterocycles. The summed E-state index contributed by atoms with van der Waals surface area (Å²) in [7, 11) is 0. The topological polar surface area (TPSA) is 49.3 Å². The number of carbonyl (C=O) groups is 1. The third kappa shape index (κ3) is 5.13. The lowest BCUT2D eigenvalue weighted by Crippen LogP contribution is -2.23. The molecule has 0 spiro atoms. The van der Waals surface area contributed by atoms with Gasteiger partial charge in [-0.1, -0.05) is 25.7 Å². The van der Waals surface area contributed by atoms with Crippen molar-refractivity contribution in [1.29, 1.82) is 0 Å². The monoisotopic (exact) mass is 171 g/mol. The third-order valence-corrected chi connectivity index (χ3v) is 2.19. The highest BCUT2D eigenvalue weighted by atomic mass is 16.4. The maximum Gasteiger partial charge on any atom is 0.317 e. The molecule has 0 saturated heterocycles. The third-order valence-electron chi connectivity index (χ3n) is 2.19. The second-order valence-corrected chi connectivity index (χ2v) is 3.51. The molecule has 12 heavy (non-hydrogen) atoms. The lowest BCUT2D eigenvalue weighted by atomic mass is 10.2. The molecule has 0 bridgehead atoms. The lowest BCUT2D eigenvalue weighted by molar-refractivity contribution is -0.135. The van der Waals surface area contributed by atoms with E-state index in [0.29, 0.717) is 0 Å². The number of carboxylic acids is 1. The van der Waals surface area contributed by atoms with Crippen molar-refractivity contribution >= 4 is 5.97 Å².